The van der Waals surface area contributed by atoms with E-state index < -0.39 is 29.9 Å². The van der Waals surface area contributed by atoms with Crippen LogP contribution in [0.15, 0.2) is 0 Å². The van der Waals surface area contributed by atoms with Crippen molar-refractivity contribution in [3.63, 3.8) is 0 Å². The third kappa shape index (κ3) is 7.28. The zero-order valence-electron chi connectivity index (χ0n) is 9.60. The largest absolute Gasteiger partial charge is 0.478 e. The summed E-state index contributed by atoms with van der Waals surface area (Å²) in [7, 11) is 0. The van der Waals surface area contributed by atoms with Crippen molar-refractivity contribution in [1.29, 1.82) is 0 Å². The fourth-order valence-electron chi connectivity index (χ4n) is 0.748. The van der Waals surface area contributed by atoms with Gasteiger partial charge in [-0.25, -0.2) is 14.4 Å². The molecule has 0 bridgehead atoms. The number of nitrogens with one attached hydrogen (secondary N) is 3. The van der Waals surface area contributed by atoms with Gasteiger partial charge >= 0.3 is 18.1 Å². The fraction of sp³-hybridized carbons (Fsp3) is 0.625. The number of ether oxygens (including phenoxy) is 1. The summed E-state index contributed by atoms with van der Waals surface area (Å²) in [6.07, 6.45) is -2.55. The number of amides is 3. The van der Waals surface area contributed by atoms with Crippen LogP contribution in [0.3, 0.4) is 0 Å². The predicted molar refractivity (Wildman–Crippen MR) is 61.4 cm³/mol. The van der Waals surface area contributed by atoms with Crippen molar-refractivity contribution < 1.29 is 24.2 Å². The summed E-state index contributed by atoms with van der Waals surface area (Å²) in [5.74, 6) is -1.44. The molecule has 0 aliphatic heterocycles. The van der Waals surface area contributed by atoms with E-state index in [2.05, 4.69) is 12.8 Å². The van der Waals surface area contributed by atoms with Gasteiger partial charge in [-0.05, 0) is 20.8 Å². The lowest BCUT2D eigenvalue weighted by Crippen LogP contribution is -2.55. The Bertz CT molecular complexity index is 315. The van der Waals surface area contributed by atoms with Gasteiger partial charge in [0.05, 0.1) is 0 Å². The molecule has 0 aromatic rings. The number of thiol groups is 1. The van der Waals surface area contributed by atoms with Crippen molar-refractivity contribution in [2.24, 2.45) is 0 Å². The van der Waals surface area contributed by atoms with Crippen molar-refractivity contribution >= 4 is 30.9 Å². The topological polar surface area (TPSA) is 117 Å². The maximum atomic E-state index is 11.3. The second kappa shape index (κ2) is 6.18. The minimum Gasteiger partial charge on any atom is -0.478 e. The maximum absolute atomic E-state index is 11.3. The molecule has 8 nitrogen and oxygen atoms in total. The molecular formula is C8H15N3O5S. The van der Waals surface area contributed by atoms with Crippen molar-refractivity contribution in [2.75, 3.05) is 0 Å². The number of hydrogen-bond acceptors (Lipinski definition) is 5. The lowest BCUT2D eigenvalue weighted by atomic mass is 10.2. The smallest absolute Gasteiger partial charge is 0.409 e. The third-order valence-electron chi connectivity index (χ3n) is 1.29. The highest BCUT2D eigenvalue weighted by Gasteiger charge is 2.24. The zero-order valence-corrected chi connectivity index (χ0v) is 10.5. The van der Waals surface area contributed by atoms with Crippen molar-refractivity contribution in [1.82, 2.24) is 15.4 Å². The minimum absolute atomic E-state index is 0.765. The van der Waals surface area contributed by atoms with Crippen LogP contribution in [0.25, 0.3) is 0 Å². The monoisotopic (exact) mass is 265 g/mol. The molecule has 3 amide bonds. The van der Waals surface area contributed by atoms with Gasteiger partial charge < -0.3 is 15.2 Å². The van der Waals surface area contributed by atoms with E-state index in [0.717, 1.165) is 0 Å². The molecule has 9 heteroatoms. The number of aliphatic carboxylic acids is 1. The van der Waals surface area contributed by atoms with Gasteiger partial charge in [0, 0.05) is 0 Å². The Labute approximate surface area is 104 Å². The molecule has 0 rings (SSSR count). The van der Waals surface area contributed by atoms with Crippen molar-refractivity contribution in [3.05, 3.63) is 0 Å². The number of alkyl carbamates (subject to hydrolysis) is 1. The van der Waals surface area contributed by atoms with Crippen LogP contribution in [0.1, 0.15) is 20.8 Å². The van der Waals surface area contributed by atoms with Gasteiger partial charge in [-0.1, -0.05) is 12.8 Å². The van der Waals surface area contributed by atoms with Gasteiger partial charge in [0.2, 0.25) is 6.17 Å². The molecule has 0 saturated heterocycles. The Kier molecular flexibility index (Phi) is 5.59. The first-order chi connectivity index (χ1) is 7.65. The molecule has 0 fully saturated rings. The van der Waals surface area contributed by atoms with E-state index in [0.29, 0.717) is 0 Å². The van der Waals surface area contributed by atoms with Crippen LogP contribution in [0.5, 0.6) is 0 Å². The van der Waals surface area contributed by atoms with Gasteiger partial charge in [0.25, 0.3) is 0 Å². The summed E-state index contributed by atoms with van der Waals surface area (Å²) in [4.78, 5) is 32.8. The Balaban J connectivity index is 4.41. The number of carboxylic acids is 1. The second-order valence-corrected chi connectivity index (χ2v) is 4.23. The number of carbonyl (C=O) groups is 3. The second-order valence-electron chi connectivity index (χ2n) is 4.00. The molecule has 17 heavy (non-hydrogen) atoms. The van der Waals surface area contributed by atoms with Crippen LogP contribution in [0.2, 0.25) is 0 Å². The zero-order chi connectivity index (χ0) is 13.6. The lowest BCUT2D eigenvalue weighted by molar-refractivity contribution is -0.140. The Hall–Kier alpha value is -1.64. The van der Waals surface area contributed by atoms with Crippen LogP contribution < -0.4 is 15.4 Å². The standard InChI is InChI=1S/C8H15N3O5S/c1-8(2,3)16-7(15)10-4(5(12)13)9-6(14)11-17/h4,17H,1-3H3,(H,10,15)(H,12,13)(H2,9,11,14). The van der Waals surface area contributed by atoms with Crippen LogP contribution in [0.4, 0.5) is 9.59 Å². The average Bonchev–Trinajstić information content (AvgIpc) is 2.13. The highest BCUT2D eigenvalue weighted by atomic mass is 32.1. The summed E-state index contributed by atoms with van der Waals surface area (Å²) in [5, 5.41) is 12.6. The molecule has 0 aliphatic rings. The van der Waals surface area contributed by atoms with Crippen LogP contribution in [-0.2, 0) is 9.53 Å². The number of carbonyl (C=O) groups excluding carboxylic acids is 2. The molecule has 4 N–H and O–H groups in total. The van der Waals surface area contributed by atoms with E-state index in [9.17, 15) is 14.4 Å². The van der Waals surface area contributed by atoms with Crippen LogP contribution >= 0.6 is 12.8 Å². The Morgan fingerprint density at radius 2 is 1.76 bits per heavy atom. The highest BCUT2D eigenvalue weighted by Crippen LogP contribution is 2.06. The van der Waals surface area contributed by atoms with Gasteiger partial charge in [0.15, 0.2) is 0 Å². The maximum Gasteiger partial charge on any atom is 0.409 e. The summed E-state index contributed by atoms with van der Waals surface area (Å²) in [5.41, 5.74) is -0.765. The lowest BCUT2D eigenvalue weighted by Gasteiger charge is -2.22. The molecule has 1 atom stereocenters. The third-order valence-corrected chi connectivity index (χ3v) is 1.49. The van der Waals surface area contributed by atoms with E-state index in [1.54, 1.807) is 20.8 Å². The van der Waals surface area contributed by atoms with Gasteiger partial charge in [-0.3, -0.25) is 10.0 Å². The average molecular weight is 265 g/mol. The highest BCUT2D eigenvalue weighted by molar-refractivity contribution is 7.78. The molecule has 98 valence electrons. The van der Waals surface area contributed by atoms with E-state index in [1.165, 1.54) is 0 Å². The van der Waals surface area contributed by atoms with Gasteiger partial charge in [0.1, 0.15) is 5.60 Å². The Morgan fingerprint density at radius 3 is 2.12 bits per heavy atom. The number of hydrogen-bond donors (Lipinski definition) is 5. The molecular weight excluding hydrogens is 250 g/mol. The summed E-state index contributed by atoms with van der Waals surface area (Å²) >= 11 is 3.42. The number of urea groups is 1. The van der Waals surface area contributed by atoms with Crippen molar-refractivity contribution in [3.8, 4) is 0 Å². The SMILES string of the molecule is CC(C)(C)OC(=O)NC(NC(=O)NS)C(=O)O. The molecule has 0 aliphatic carbocycles. The molecule has 0 saturated carbocycles. The molecule has 0 spiro atoms. The van der Waals surface area contributed by atoms with E-state index in [4.69, 9.17) is 9.84 Å². The summed E-state index contributed by atoms with van der Waals surface area (Å²) in [6, 6.07) is -0.864. The van der Waals surface area contributed by atoms with Gasteiger partial charge in [-0.2, -0.15) is 0 Å². The molecule has 0 aromatic heterocycles. The van der Waals surface area contributed by atoms with E-state index >= 15 is 0 Å². The number of rotatable bonds is 3. The molecule has 0 heterocycles. The summed E-state index contributed by atoms with van der Waals surface area (Å²) in [6.45, 7) is 4.86. The molecule has 1 unspecified atom stereocenters. The predicted octanol–water partition coefficient (Wildman–Crippen LogP) is 0.0658. The molecule has 0 radical (unpaired) electrons. The van der Waals surface area contributed by atoms with E-state index in [-0.39, 0.29) is 0 Å². The minimum atomic E-state index is -1.60. The first kappa shape index (κ1) is 15.4. The fourth-order valence-corrected chi connectivity index (χ4v) is 0.813. The quantitative estimate of drug-likeness (QED) is 0.365. The number of carboxylic acid groups (broad SMARTS) is 1. The summed E-state index contributed by atoms with van der Waals surface area (Å²) < 4.78 is 6.69. The van der Waals surface area contributed by atoms with Crippen molar-refractivity contribution in [2.45, 2.75) is 32.5 Å². The van der Waals surface area contributed by atoms with Gasteiger partial charge in [-0.15, -0.1) is 0 Å². The normalized spacial score (nSPS) is 12.2. The first-order valence-electron chi connectivity index (χ1n) is 4.58. The molecule has 0 aromatic carbocycles. The van der Waals surface area contributed by atoms with Crippen LogP contribution in [-0.4, -0.2) is 35.0 Å². The van der Waals surface area contributed by atoms with E-state index in [1.807, 2.05) is 15.4 Å². The van der Waals surface area contributed by atoms with Crippen LogP contribution in [0, 0.1) is 0 Å². The first-order valence-corrected chi connectivity index (χ1v) is 5.03. The Morgan fingerprint density at radius 1 is 1.24 bits per heavy atom.